The number of aryl methyl sites for hydroxylation is 1. The van der Waals surface area contributed by atoms with E-state index in [-0.39, 0.29) is 6.04 Å². The minimum Gasteiger partial charge on any atom is -0.374 e. The number of nitrogens with one attached hydrogen (secondary N) is 1. The van der Waals surface area contributed by atoms with Crippen LogP contribution in [0.2, 0.25) is 0 Å². The highest BCUT2D eigenvalue weighted by Crippen LogP contribution is 2.22. The third kappa shape index (κ3) is 4.55. The van der Waals surface area contributed by atoms with E-state index in [4.69, 9.17) is 4.74 Å². The van der Waals surface area contributed by atoms with Crippen molar-refractivity contribution in [1.29, 1.82) is 0 Å². The maximum atomic E-state index is 11.8. The van der Waals surface area contributed by atoms with Gasteiger partial charge >= 0.3 is 0 Å². The predicted octanol–water partition coefficient (Wildman–Crippen LogP) is 2.99. The molecule has 1 heterocycles. The van der Waals surface area contributed by atoms with Crippen LogP contribution in [0.1, 0.15) is 23.4 Å². The fourth-order valence-electron chi connectivity index (χ4n) is 1.44. The summed E-state index contributed by atoms with van der Waals surface area (Å²) in [4.78, 5) is 1.29. The van der Waals surface area contributed by atoms with Gasteiger partial charge < -0.3 is 10.1 Å². The molecule has 92 valence electrons. The lowest BCUT2D eigenvalue weighted by molar-refractivity contribution is 0.0183. The molecule has 1 atom stereocenters. The Hall–Kier alpha value is -0.520. The molecule has 0 bridgehead atoms. The molecule has 0 aliphatic rings. The summed E-state index contributed by atoms with van der Waals surface area (Å²) in [6, 6.07) is 2.32. The molecular formula is C11H17F2NOS. The zero-order valence-electron chi connectivity index (χ0n) is 9.50. The van der Waals surface area contributed by atoms with E-state index < -0.39 is 13.0 Å². The number of rotatable bonds is 7. The average Bonchev–Trinajstić information content (AvgIpc) is 2.63. The van der Waals surface area contributed by atoms with Gasteiger partial charge in [0.25, 0.3) is 6.43 Å². The monoisotopic (exact) mass is 249 g/mol. The van der Waals surface area contributed by atoms with E-state index >= 15 is 0 Å². The molecule has 0 fully saturated rings. The summed E-state index contributed by atoms with van der Waals surface area (Å²) in [6.45, 7) is 4.56. The Morgan fingerprint density at radius 3 is 2.81 bits per heavy atom. The summed E-state index contributed by atoms with van der Waals surface area (Å²) in [5, 5.41) is 5.29. The van der Waals surface area contributed by atoms with Crippen molar-refractivity contribution in [2.75, 3.05) is 19.8 Å². The third-order valence-electron chi connectivity index (χ3n) is 2.24. The molecular weight excluding hydrogens is 232 g/mol. The van der Waals surface area contributed by atoms with Crippen molar-refractivity contribution in [3.63, 3.8) is 0 Å². The number of thiophene rings is 1. The van der Waals surface area contributed by atoms with E-state index in [1.807, 2.05) is 0 Å². The molecule has 2 nitrogen and oxygen atoms in total. The van der Waals surface area contributed by atoms with Gasteiger partial charge in [-0.15, -0.1) is 11.3 Å². The maximum absolute atomic E-state index is 11.8. The van der Waals surface area contributed by atoms with Crippen molar-refractivity contribution in [3.05, 3.63) is 21.9 Å². The number of alkyl halides is 2. The van der Waals surface area contributed by atoms with Crippen LogP contribution in [0.3, 0.4) is 0 Å². The molecule has 0 saturated carbocycles. The number of halogens is 2. The van der Waals surface area contributed by atoms with Crippen molar-refractivity contribution < 1.29 is 13.5 Å². The Bertz CT molecular complexity index is 304. The van der Waals surface area contributed by atoms with E-state index in [9.17, 15) is 8.78 Å². The molecule has 0 spiro atoms. The zero-order chi connectivity index (χ0) is 12.0. The SMILES string of the molecule is Cc1ccsc1C(C)NCCOCC(F)F. The minimum absolute atomic E-state index is 0.246. The fraction of sp³-hybridized carbons (Fsp3) is 0.636. The van der Waals surface area contributed by atoms with Crippen molar-refractivity contribution in [2.45, 2.75) is 26.3 Å². The molecule has 0 amide bonds. The van der Waals surface area contributed by atoms with E-state index in [1.165, 1.54) is 10.4 Å². The summed E-state index contributed by atoms with van der Waals surface area (Å²) in [5.41, 5.74) is 1.26. The second kappa shape index (κ2) is 6.93. The van der Waals surface area contributed by atoms with Gasteiger partial charge in [-0.25, -0.2) is 8.78 Å². The van der Waals surface area contributed by atoms with Crippen molar-refractivity contribution in [1.82, 2.24) is 5.32 Å². The fourth-order valence-corrected chi connectivity index (χ4v) is 2.40. The van der Waals surface area contributed by atoms with Crippen LogP contribution in [0, 0.1) is 6.92 Å². The van der Waals surface area contributed by atoms with Crippen LogP contribution in [-0.4, -0.2) is 26.2 Å². The predicted molar refractivity (Wildman–Crippen MR) is 62.3 cm³/mol. The van der Waals surface area contributed by atoms with Crippen LogP contribution in [0.15, 0.2) is 11.4 Å². The number of hydrogen-bond acceptors (Lipinski definition) is 3. The molecule has 1 rings (SSSR count). The lowest BCUT2D eigenvalue weighted by Gasteiger charge is -2.13. The van der Waals surface area contributed by atoms with Crippen LogP contribution >= 0.6 is 11.3 Å². The first-order valence-electron chi connectivity index (χ1n) is 5.24. The molecule has 0 radical (unpaired) electrons. The van der Waals surface area contributed by atoms with E-state index in [0.717, 1.165) is 0 Å². The Morgan fingerprint density at radius 2 is 2.25 bits per heavy atom. The lowest BCUT2D eigenvalue weighted by atomic mass is 10.2. The molecule has 1 aromatic rings. The Balaban J connectivity index is 2.16. The normalized spacial score (nSPS) is 13.3. The van der Waals surface area contributed by atoms with E-state index in [2.05, 4.69) is 30.6 Å². The molecule has 0 aliphatic heterocycles. The van der Waals surface area contributed by atoms with Gasteiger partial charge in [0, 0.05) is 17.5 Å². The van der Waals surface area contributed by atoms with Crippen LogP contribution in [0.25, 0.3) is 0 Å². The smallest absolute Gasteiger partial charge is 0.261 e. The van der Waals surface area contributed by atoms with Gasteiger partial charge in [-0.2, -0.15) is 0 Å². The highest BCUT2D eigenvalue weighted by molar-refractivity contribution is 7.10. The Kier molecular flexibility index (Phi) is 5.87. The quantitative estimate of drug-likeness (QED) is 0.750. The van der Waals surface area contributed by atoms with Crippen LogP contribution < -0.4 is 5.32 Å². The molecule has 1 unspecified atom stereocenters. The average molecular weight is 249 g/mol. The lowest BCUT2D eigenvalue weighted by Crippen LogP contribution is -2.24. The molecule has 0 aliphatic carbocycles. The summed E-state index contributed by atoms with van der Waals surface area (Å²) in [5.74, 6) is 0. The van der Waals surface area contributed by atoms with Crippen molar-refractivity contribution in [3.8, 4) is 0 Å². The van der Waals surface area contributed by atoms with E-state index in [1.54, 1.807) is 11.3 Å². The van der Waals surface area contributed by atoms with Gasteiger partial charge in [0.2, 0.25) is 0 Å². The van der Waals surface area contributed by atoms with Gasteiger partial charge in [0.05, 0.1) is 6.61 Å². The Morgan fingerprint density at radius 1 is 1.50 bits per heavy atom. The van der Waals surface area contributed by atoms with Gasteiger partial charge in [-0.1, -0.05) is 0 Å². The first kappa shape index (κ1) is 13.5. The second-order valence-corrected chi connectivity index (χ2v) is 4.56. The second-order valence-electron chi connectivity index (χ2n) is 3.61. The van der Waals surface area contributed by atoms with Crippen molar-refractivity contribution >= 4 is 11.3 Å². The summed E-state index contributed by atoms with van der Waals surface area (Å²) < 4.78 is 28.3. The van der Waals surface area contributed by atoms with Crippen LogP contribution in [0.5, 0.6) is 0 Å². The number of hydrogen-bond donors (Lipinski definition) is 1. The van der Waals surface area contributed by atoms with Crippen LogP contribution in [-0.2, 0) is 4.74 Å². The number of ether oxygens (including phenoxy) is 1. The highest BCUT2D eigenvalue weighted by Gasteiger charge is 2.08. The minimum atomic E-state index is -2.38. The van der Waals surface area contributed by atoms with Crippen LogP contribution in [0.4, 0.5) is 8.78 Å². The molecule has 1 aromatic heterocycles. The largest absolute Gasteiger partial charge is 0.374 e. The van der Waals surface area contributed by atoms with E-state index in [0.29, 0.717) is 13.2 Å². The molecule has 16 heavy (non-hydrogen) atoms. The highest BCUT2D eigenvalue weighted by atomic mass is 32.1. The molecule has 1 N–H and O–H groups in total. The van der Waals surface area contributed by atoms with Crippen molar-refractivity contribution in [2.24, 2.45) is 0 Å². The van der Waals surface area contributed by atoms with Gasteiger partial charge in [-0.05, 0) is 30.9 Å². The molecule has 5 heteroatoms. The third-order valence-corrected chi connectivity index (χ3v) is 3.44. The summed E-state index contributed by atoms with van der Waals surface area (Å²) in [7, 11) is 0. The first-order valence-corrected chi connectivity index (χ1v) is 6.12. The standard InChI is InChI=1S/C11H17F2NOS/c1-8-3-6-16-11(8)9(2)14-4-5-15-7-10(12)13/h3,6,9-10,14H,4-5,7H2,1-2H3. The van der Waals surface area contributed by atoms with Gasteiger partial charge in [0.15, 0.2) is 0 Å². The van der Waals surface area contributed by atoms with Gasteiger partial charge in [-0.3, -0.25) is 0 Å². The maximum Gasteiger partial charge on any atom is 0.261 e. The first-order chi connectivity index (χ1) is 7.61. The molecule has 0 saturated heterocycles. The topological polar surface area (TPSA) is 21.3 Å². The zero-order valence-corrected chi connectivity index (χ0v) is 10.3. The summed E-state index contributed by atoms with van der Waals surface area (Å²) in [6.07, 6.45) is -2.38. The summed E-state index contributed by atoms with van der Waals surface area (Å²) >= 11 is 1.70. The van der Waals surface area contributed by atoms with Gasteiger partial charge in [0.1, 0.15) is 6.61 Å². The Labute approximate surface area is 98.6 Å². The molecule has 0 aromatic carbocycles.